The number of carbonyl (C=O) groups excluding carboxylic acids is 1. The molecule has 2 amide bonds. The highest BCUT2D eigenvalue weighted by molar-refractivity contribution is 9.10. The van der Waals surface area contributed by atoms with Crippen LogP contribution >= 0.6 is 27.3 Å². The maximum Gasteiger partial charge on any atom is 0.326 e. The van der Waals surface area contributed by atoms with Crippen LogP contribution < -0.4 is 5.32 Å². The molecule has 0 aliphatic heterocycles. The zero-order valence-corrected chi connectivity index (χ0v) is 13.4. The molecule has 2 N–H and O–H groups in total. The number of hydrogen-bond acceptors (Lipinski definition) is 3. The van der Waals surface area contributed by atoms with Crippen molar-refractivity contribution in [1.29, 1.82) is 0 Å². The summed E-state index contributed by atoms with van der Waals surface area (Å²) in [6.07, 6.45) is 0. The second kappa shape index (κ2) is 6.91. The summed E-state index contributed by atoms with van der Waals surface area (Å²) in [4.78, 5) is 25.4. The number of carbonyl (C=O) groups is 2. The normalized spacial score (nSPS) is 12.3. The third kappa shape index (κ3) is 4.83. The van der Waals surface area contributed by atoms with Gasteiger partial charge in [0.15, 0.2) is 0 Å². The molecule has 19 heavy (non-hydrogen) atoms. The molecule has 0 saturated carbocycles. The minimum absolute atomic E-state index is 0.161. The predicted octanol–water partition coefficient (Wildman–Crippen LogP) is 2.76. The molecule has 0 bridgehead atoms. The summed E-state index contributed by atoms with van der Waals surface area (Å²) < 4.78 is 0.979. The van der Waals surface area contributed by atoms with Crippen molar-refractivity contribution in [2.75, 3.05) is 7.05 Å². The molecule has 0 spiro atoms. The van der Waals surface area contributed by atoms with E-state index >= 15 is 0 Å². The summed E-state index contributed by atoms with van der Waals surface area (Å²) in [5.41, 5.74) is 0. The van der Waals surface area contributed by atoms with Gasteiger partial charge in [0.1, 0.15) is 6.04 Å². The number of nitrogens with one attached hydrogen (secondary N) is 1. The Labute approximate surface area is 124 Å². The van der Waals surface area contributed by atoms with Crippen molar-refractivity contribution in [2.45, 2.75) is 26.4 Å². The van der Waals surface area contributed by atoms with Gasteiger partial charge in [0.2, 0.25) is 0 Å². The summed E-state index contributed by atoms with van der Waals surface area (Å²) in [5.74, 6) is -1.18. The Hall–Kier alpha value is -1.08. The van der Waals surface area contributed by atoms with Crippen molar-refractivity contribution < 1.29 is 14.7 Å². The number of hydrogen-bond donors (Lipinski definition) is 2. The van der Waals surface area contributed by atoms with E-state index in [0.29, 0.717) is 6.54 Å². The lowest BCUT2D eigenvalue weighted by Crippen LogP contribution is -2.48. The van der Waals surface area contributed by atoms with Gasteiger partial charge in [0, 0.05) is 21.8 Å². The summed E-state index contributed by atoms with van der Waals surface area (Å²) in [5, 5.41) is 13.5. The van der Waals surface area contributed by atoms with E-state index in [4.69, 9.17) is 5.11 Å². The van der Waals surface area contributed by atoms with Crippen molar-refractivity contribution in [3.63, 3.8) is 0 Å². The summed E-state index contributed by atoms with van der Waals surface area (Å²) in [7, 11) is 1.64. The van der Waals surface area contributed by atoms with E-state index in [9.17, 15) is 9.59 Å². The molecule has 5 nitrogen and oxygen atoms in total. The first-order chi connectivity index (χ1) is 8.81. The molecule has 1 heterocycles. The van der Waals surface area contributed by atoms with Gasteiger partial charge in [-0.05, 0) is 27.9 Å². The predicted molar refractivity (Wildman–Crippen MR) is 78.3 cm³/mol. The van der Waals surface area contributed by atoms with Gasteiger partial charge in [0.25, 0.3) is 0 Å². The smallest absolute Gasteiger partial charge is 0.326 e. The average molecular weight is 349 g/mol. The van der Waals surface area contributed by atoms with Crippen molar-refractivity contribution in [1.82, 2.24) is 10.2 Å². The lowest BCUT2D eigenvalue weighted by atomic mass is 10.1. The lowest BCUT2D eigenvalue weighted by Gasteiger charge is -2.22. The standard InChI is InChI=1S/C12H17BrN2O3S/c1-7(2)10(11(16)17)14-12(18)15(3)5-9-4-8(13)6-19-9/h4,6-7,10H,5H2,1-3H3,(H,14,18)(H,16,17)/t10-/m1/s1. The van der Waals surface area contributed by atoms with Crippen LogP contribution in [0.2, 0.25) is 0 Å². The van der Waals surface area contributed by atoms with Crippen LogP contribution in [0.4, 0.5) is 4.79 Å². The van der Waals surface area contributed by atoms with Gasteiger partial charge in [-0.15, -0.1) is 11.3 Å². The van der Waals surface area contributed by atoms with E-state index in [1.54, 1.807) is 32.2 Å². The van der Waals surface area contributed by atoms with E-state index in [1.165, 1.54) is 4.90 Å². The van der Waals surface area contributed by atoms with Crippen LogP contribution in [0, 0.1) is 5.92 Å². The van der Waals surface area contributed by atoms with Crippen LogP contribution in [-0.4, -0.2) is 35.1 Å². The monoisotopic (exact) mass is 348 g/mol. The fourth-order valence-electron chi connectivity index (χ4n) is 1.50. The Morgan fingerprint density at radius 2 is 2.16 bits per heavy atom. The molecule has 0 aliphatic carbocycles. The first kappa shape index (κ1) is 16.0. The Morgan fingerprint density at radius 3 is 2.58 bits per heavy atom. The van der Waals surface area contributed by atoms with Crippen LogP contribution in [0.1, 0.15) is 18.7 Å². The van der Waals surface area contributed by atoms with Crippen molar-refractivity contribution in [3.8, 4) is 0 Å². The molecule has 7 heteroatoms. The van der Waals surface area contributed by atoms with E-state index in [-0.39, 0.29) is 11.9 Å². The second-order valence-corrected chi connectivity index (χ2v) is 6.51. The maximum absolute atomic E-state index is 11.9. The fraction of sp³-hybridized carbons (Fsp3) is 0.500. The summed E-state index contributed by atoms with van der Waals surface area (Å²) >= 11 is 4.89. The number of rotatable bonds is 5. The van der Waals surface area contributed by atoms with E-state index < -0.39 is 12.0 Å². The van der Waals surface area contributed by atoms with Crippen molar-refractivity contribution >= 4 is 39.3 Å². The highest BCUT2D eigenvalue weighted by Gasteiger charge is 2.24. The largest absolute Gasteiger partial charge is 0.480 e. The molecule has 106 valence electrons. The van der Waals surface area contributed by atoms with Crippen molar-refractivity contribution in [2.24, 2.45) is 5.92 Å². The molecule has 0 radical (unpaired) electrons. The number of thiophene rings is 1. The van der Waals surface area contributed by atoms with Crippen LogP contribution in [0.3, 0.4) is 0 Å². The van der Waals surface area contributed by atoms with E-state index in [1.807, 2.05) is 11.4 Å². The van der Waals surface area contributed by atoms with Gasteiger partial charge >= 0.3 is 12.0 Å². The van der Waals surface area contributed by atoms with Gasteiger partial charge < -0.3 is 15.3 Å². The van der Waals surface area contributed by atoms with Crippen LogP contribution in [0.15, 0.2) is 15.9 Å². The molecule has 0 fully saturated rings. The molecular formula is C12H17BrN2O3S. The minimum Gasteiger partial charge on any atom is -0.480 e. The number of halogens is 1. The molecule has 1 aromatic rings. The van der Waals surface area contributed by atoms with E-state index in [2.05, 4.69) is 21.2 Å². The Balaban J connectivity index is 2.59. The minimum atomic E-state index is -1.02. The molecule has 0 unspecified atom stereocenters. The maximum atomic E-state index is 11.9. The topological polar surface area (TPSA) is 69.6 Å². The van der Waals surface area contributed by atoms with Gasteiger partial charge in [-0.3, -0.25) is 0 Å². The third-order valence-electron chi connectivity index (χ3n) is 2.57. The SMILES string of the molecule is CC(C)[C@@H](NC(=O)N(C)Cc1cc(Br)cs1)C(=O)O. The first-order valence-electron chi connectivity index (χ1n) is 5.78. The molecule has 1 aromatic heterocycles. The number of carboxylic acid groups (broad SMARTS) is 1. The first-order valence-corrected chi connectivity index (χ1v) is 7.46. The zero-order chi connectivity index (χ0) is 14.6. The Bertz CT molecular complexity index is 462. The Morgan fingerprint density at radius 1 is 1.53 bits per heavy atom. The van der Waals surface area contributed by atoms with Gasteiger partial charge in [-0.1, -0.05) is 13.8 Å². The summed E-state index contributed by atoms with van der Waals surface area (Å²) in [6, 6.07) is 0.682. The van der Waals surface area contributed by atoms with Gasteiger partial charge in [-0.25, -0.2) is 9.59 Å². The van der Waals surface area contributed by atoms with Crippen LogP contribution in [-0.2, 0) is 11.3 Å². The summed E-state index contributed by atoms with van der Waals surface area (Å²) in [6.45, 7) is 3.97. The molecule has 1 rings (SSSR count). The fourth-order valence-corrected chi connectivity index (χ4v) is 3.00. The van der Waals surface area contributed by atoms with Gasteiger partial charge in [-0.2, -0.15) is 0 Å². The Kier molecular flexibility index (Phi) is 5.81. The van der Waals surface area contributed by atoms with E-state index in [0.717, 1.165) is 9.35 Å². The molecule has 0 aromatic carbocycles. The van der Waals surface area contributed by atoms with Crippen LogP contribution in [0.5, 0.6) is 0 Å². The average Bonchev–Trinajstić information content (AvgIpc) is 2.70. The highest BCUT2D eigenvalue weighted by atomic mass is 79.9. The lowest BCUT2D eigenvalue weighted by molar-refractivity contribution is -0.140. The number of nitrogens with zero attached hydrogens (tertiary/aromatic N) is 1. The molecule has 0 saturated heterocycles. The molecule has 0 aliphatic rings. The van der Waals surface area contributed by atoms with Gasteiger partial charge in [0.05, 0.1) is 6.54 Å². The highest BCUT2D eigenvalue weighted by Crippen LogP contribution is 2.20. The molecular weight excluding hydrogens is 332 g/mol. The quantitative estimate of drug-likeness (QED) is 0.859. The van der Waals surface area contributed by atoms with Crippen molar-refractivity contribution in [3.05, 3.63) is 20.8 Å². The second-order valence-electron chi connectivity index (χ2n) is 4.60. The number of carboxylic acids is 1. The zero-order valence-electron chi connectivity index (χ0n) is 11.0. The molecule has 1 atom stereocenters. The number of aliphatic carboxylic acids is 1. The third-order valence-corrected chi connectivity index (χ3v) is 4.26. The van der Waals surface area contributed by atoms with Crippen LogP contribution in [0.25, 0.3) is 0 Å². The number of urea groups is 1. The number of amides is 2.